The first-order valence-corrected chi connectivity index (χ1v) is 13.3. The van der Waals surface area contributed by atoms with E-state index in [9.17, 15) is 14.4 Å². The Morgan fingerprint density at radius 2 is 1.81 bits per heavy atom. The van der Waals surface area contributed by atoms with Gasteiger partial charge in [-0.05, 0) is 73.5 Å². The third kappa shape index (κ3) is 6.03. The number of aromatic nitrogens is 3. The van der Waals surface area contributed by atoms with E-state index in [0.29, 0.717) is 23.4 Å². The highest BCUT2D eigenvalue weighted by molar-refractivity contribution is 6.03. The third-order valence-electron chi connectivity index (χ3n) is 7.05. The van der Waals surface area contributed by atoms with Crippen LogP contribution in [0.3, 0.4) is 0 Å². The van der Waals surface area contributed by atoms with E-state index in [-0.39, 0.29) is 11.3 Å². The fourth-order valence-corrected chi connectivity index (χ4v) is 4.48. The molecule has 0 saturated carbocycles. The van der Waals surface area contributed by atoms with Gasteiger partial charge in [0.1, 0.15) is 23.1 Å². The van der Waals surface area contributed by atoms with E-state index in [0.717, 1.165) is 28.0 Å². The van der Waals surface area contributed by atoms with Gasteiger partial charge in [-0.2, -0.15) is 5.26 Å². The van der Waals surface area contributed by atoms with E-state index in [1.165, 1.54) is 18.3 Å². The van der Waals surface area contributed by atoms with E-state index < -0.39 is 17.1 Å². The van der Waals surface area contributed by atoms with Gasteiger partial charge in [-0.1, -0.05) is 12.1 Å². The molecule has 210 valence electrons. The molecule has 0 bridgehead atoms. The first kappa shape index (κ1) is 28.2. The Labute approximate surface area is 243 Å². The maximum Gasteiger partial charge on any atom is 0.274 e. The number of methoxy groups -OCH3 is 1. The van der Waals surface area contributed by atoms with Crippen LogP contribution in [0.1, 0.15) is 35.5 Å². The van der Waals surface area contributed by atoms with Gasteiger partial charge in [0.05, 0.1) is 24.1 Å². The molecule has 0 radical (unpaired) electrons. The molecule has 42 heavy (non-hydrogen) atoms. The van der Waals surface area contributed by atoms with E-state index in [1.54, 1.807) is 51.6 Å². The molecule has 5 rings (SSSR count). The Kier molecular flexibility index (Phi) is 7.80. The number of nitriles is 1. The quantitative estimate of drug-likeness (QED) is 0.230. The van der Waals surface area contributed by atoms with Crippen molar-refractivity contribution in [3.05, 3.63) is 108 Å². The summed E-state index contributed by atoms with van der Waals surface area (Å²) in [5.74, 6) is 0.645. The molecule has 0 aliphatic heterocycles. The summed E-state index contributed by atoms with van der Waals surface area (Å²) in [5, 5.41) is 13.0. The normalized spacial score (nSPS) is 11.1. The number of pyridine rings is 3. The van der Waals surface area contributed by atoms with Gasteiger partial charge in [-0.3, -0.25) is 14.8 Å². The van der Waals surface area contributed by atoms with Gasteiger partial charge in [0.15, 0.2) is 0 Å². The zero-order chi connectivity index (χ0) is 29.9. The smallest absolute Gasteiger partial charge is 0.274 e. The first-order chi connectivity index (χ1) is 20.2. The molecule has 3 heterocycles. The van der Waals surface area contributed by atoms with E-state index in [2.05, 4.69) is 26.3 Å². The fraction of sp³-hybridized carbons (Fsp3) is 0.182. The summed E-state index contributed by atoms with van der Waals surface area (Å²) in [7, 11) is 3.60. The number of hydrogen-bond donors (Lipinski definition) is 1. The van der Waals surface area contributed by atoms with Crippen molar-refractivity contribution in [3.8, 4) is 22.9 Å². The Morgan fingerprint density at radius 3 is 2.55 bits per heavy atom. The number of amides is 1. The minimum atomic E-state index is -0.772. The molecule has 1 amide bonds. The molecule has 0 unspecified atom stereocenters. The number of nitrogens with one attached hydrogen (secondary N) is 1. The van der Waals surface area contributed by atoms with Gasteiger partial charge in [0, 0.05) is 60.4 Å². The molecule has 1 N–H and O–H groups in total. The number of halogens is 1. The molecule has 0 atom stereocenters. The number of fused-ring (bicyclic) bond motifs is 1. The van der Waals surface area contributed by atoms with Crippen LogP contribution >= 0.6 is 0 Å². The summed E-state index contributed by atoms with van der Waals surface area (Å²) >= 11 is 0. The van der Waals surface area contributed by atoms with Crippen LogP contribution in [0.15, 0.2) is 85.3 Å². The van der Waals surface area contributed by atoms with Crippen LogP contribution in [0, 0.1) is 17.1 Å². The van der Waals surface area contributed by atoms with Gasteiger partial charge in [-0.15, -0.1) is 0 Å². The van der Waals surface area contributed by atoms with Crippen molar-refractivity contribution in [2.75, 3.05) is 24.4 Å². The van der Waals surface area contributed by atoms with Gasteiger partial charge < -0.3 is 15.0 Å². The number of rotatable bonds is 8. The number of benzene rings is 2. The van der Waals surface area contributed by atoms with Gasteiger partial charge in [0.25, 0.3) is 5.91 Å². The van der Waals surface area contributed by atoms with Crippen LogP contribution in [0.4, 0.5) is 15.9 Å². The fourth-order valence-electron chi connectivity index (χ4n) is 4.48. The van der Waals surface area contributed by atoms with E-state index >= 15 is 0 Å². The minimum Gasteiger partial charge on any atom is -0.497 e. The van der Waals surface area contributed by atoms with Crippen LogP contribution in [-0.2, 0) is 12.0 Å². The molecule has 0 aliphatic rings. The lowest BCUT2D eigenvalue weighted by molar-refractivity contribution is 0.102. The van der Waals surface area contributed by atoms with E-state index in [1.807, 2.05) is 48.3 Å². The van der Waals surface area contributed by atoms with Crippen LogP contribution in [-0.4, -0.2) is 35.0 Å². The largest absolute Gasteiger partial charge is 0.497 e. The number of ether oxygens (including phenoxy) is 1. The van der Waals surface area contributed by atoms with Gasteiger partial charge >= 0.3 is 0 Å². The number of nitrogens with zero attached hydrogens (tertiary/aromatic N) is 5. The standard InChI is InChI=1S/C33H29FN6O2/c1-33(2,20-35)24-11-12-36-30(14-24)32(41)39-25-7-10-28(34)27(15-25)22-13-23-18-38-31(16-29(23)37-17-22)40(3)19-21-5-8-26(42-4)9-6-21/h5-18H,19H2,1-4H3,(H,39,41). The zero-order valence-corrected chi connectivity index (χ0v) is 23.7. The number of carbonyl (C=O) groups excluding carboxylic acids is 1. The molecule has 5 aromatic rings. The van der Waals surface area contributed by atoms with Crippen molar-refractivity contribution in [2.45, 2.75) is 25.8 Å². The molecular weight excluding hydrogens is 531 g/mol. The lowest BCUT2D eigenvalue weighted by Gasteiger charge is -2.19. The third-order valence-corrected chi connectivity index (χ3v) is 7.05. The van der Waals surface area contributed by atoms with Crippen LogP contribution in [0.2, 0.25) is 0 Å². The number of anilines is 2. The summed E-state index contributed by atoms with van der Waals surface area (Å²) in [5.41, 5.74) is 3.14. The highest BCUT2D eigenvalue weighted by atomic mass is 19.1. The SMILES string of the molecule is COc1ccc(CN(C)c2cc3ncc(-c4cc(NC(=O)c5cc(C(C)(C)C#N)ccn5)ccc4F)cc3cn2)cc1. The maximum absolute atomic E-state index is 14.9. The lowest BCUT2D eigenvalue weighted by Crippen LogP contribution is -2.18. The summed E-state index contributed by atoms with van der Waals surface area (Å²) in [4.78, 5) is 28.3. The summed E-state index contributed by atoms with van der Waals surface area (Å²) < 4.78 is 20.2. The van der Waals surface area contributed by atoms with Crippen LogP contribution in [0.25, 0.3) is 22.0 Å². The second-order valence-corrected chi connectivity index (χ2v) is 10.5. The second kappa shape index (κ2) is 11.6. The second-order valence-electron chi connectivity index (χ2n) is 10.5. The minimum absolute atomic E-state index is 0.160. The maximum atomic E-state index is 14.9. The van der Waals surface area contributed by atoms with Crippen molar-refractivity contribution in [1.29, 1.82) is 5.26 Å². The molecule has 8 nitrogen and oxygen atoms in total. The topological polar surface area (TPSA) is 104 Å². The van der Waals surface area contributed by atoms with Crippen molar-refractivity contribution >= 4 is 28.3 Å². The number of carbonyl (C=O) groups is 1. The van der Waals surface area contributed by atoms with E-state index in [4.69, 9.17) is 4.74 Å². The Hall–Kier alpha value is -5.36. The predicted molar refractivity (Wildman–Crippen MR) is 161 cm³/mol. The van der Waals surface area contributed by atoms with Gasteiger partial charge in [-0.25, -0.2) is 9.37 Å². The summed E-state index contributed by atoms with van der Waals surface area (Å²) in [6.07, 6.45) is 4.82. The highest BCUT2D eigenvalue weighted by Crippen LogP contribution is 2.29. The summed E-state index contributed by atoms with van der Waals surface area (Å²) in [6, 6.07) is 21.4. The molecule has 0 saturated heterocycles. The molecule has 0 fully saturated rings. The Balaban J connectivity index is 1.35. The van der Waals surface area contributed by atoms with Crippen molar-refractivity contribution in [1.82, 2.24) is 15.0 Å². The predicted octanol–water partition coefficient (Wildman–Crippen LogP) is 6.53. The average molecular weight is 561 g/mol. The van der Waals surface area contributed by atoms with Crippen molar-refractivity contribution < 1.29 is 13.9 Å². The Bertz CT molecular complexity index is 1810. The molecule has 0 spiro atoms. The molecule has 3 aromatic heterocycles. The molecule has 2 aromatic carbocycles. The number of hydrogen-bond acceptors (Lipinski definition) is 7. The molecular formula is C33H29FN6O2. The molecule has 0 aliphatic carbocycles. The lowest BCUT2D eigenvalue weighted by atomic mass is 9.86. The first-order valence-electron chi connectivity index (χ1n) is 13.3. The Morgan fingerprint density at radius 1 is 1.02 bits per heavy atom. The molecule has 9 heteroatoms. The average Bonchev–Trinajstić information content (AvgIpc) is 3.01. The van der Waals surface area contributed by atoms with Crippen LogP contribution in [0.5, 0.6) is 5.75 Å². The van der Waals surface area contributed by atoms with Crippen molar-refractivity contribution in [3.63, 3.8) is 0 Å². The highest BCUT2D eigenvalue weighted by Gasteiger charge is 2.21. The zero-order valence-electron chi connectivity index (χ0n) is 23.7. The van der Waals surface area contributed by atoms with Gasteiger partial charge in [0.2, 0.25) is 0 Å². The monoisotopic (exact) mass is 560 g/mol. The van der Waals surface area contributed by atoms with Crippen molar-refractivity contribution in [2.24, 2.45) is 0 Å². The van der Waals surface area contributed by atoms with Crippen LogP contribution < -0.4 is 15.0 Å². The summed E-state index contributed by atoms with van der Waals surface area (Å²) in [6.45, 7) is 4.19.